The summed E-state index contributed by atoms with van der Waals surface area (Å²) in [5.41, 5.74) is 0.929. The topological polar surface area (TPSA) is 15.3 Å². The summed E-state index contributed by atoms with van der Waals surface area (Å²) in [4.78, 5) is 2.44. The van der Waals surface area contributed by atoms with E-state index in [1.54, 1.807) is 0 Å². The van der Waals surface area contributed by atoms with E-state index in [1.807, 2.05) is 6.92 Å². The molecule has 0 bridgehead atoms. The third-order valence-electron chi connectivity index (χ3n) is 2.11. The van der Waals surface area contributed by atoms with E-state index in [-0.39, 0.29) is 0 Å². The minimum atomic E-state index is 0.760. The van der Waals surface area contributed by atoms with Crippen LogP contribution in [0.25, 0.3) is 0 Å². The molecule has 0 spiro atoms. The zero-order valence-corrected chi connectivity index (χ0v) is 10.4. The molecule has 0 aromatic carbocycles. The average Bonchev–Trinajstić information content (AvgIpc) is 2.21. The molecule has 0 radical (unpaired) electrons. The summed E-state index contributed by atoms with van der Waals surface area (Å²) < 4.78 is 0. The van der Waals surface area contributed by atoms with Crippen LogP contribution >= 0.6 is 0 Å². The Labute approximate surface area is 94.7 Å². The zero-order chi connectivity index (χ0) is 11.5. The van der Waals surface area contributed by atoms with Crippen LogP contribution < -0.4 is 5.32 Å². The molecule has 0 saturated carbocycles. The van der Waals surface area contributed by atoms with Gasteiger partial charge in [-0.3, -0.25) is 0 Å². The van der Waals surface area contributed by atoms with Crippen LogP contribution in [-0.2, 0) is 0 Å². The fourth-order valence-electron chi connectivity index (χ4n) is 1.33. The lowest BCUT2D eigenvalue weighted by Gasteiger charge is -2.19. The first-order valence-electron chi connectivity index (χ1n) is 5.78. The van der Waals surface area contributed by atoms with Crippen molar-refractivity contribution in [1.29, 1.82) is 0 Å². The van der Waals surface area contributed by atoms with Crippen molar-refractivity contribution in [3.8, 4) is 11.8 Å². The number of rotatable bonds is 7. The van der Waals surface area contributed by atoms with Crippen LogP contribution in [0.1, 0.15) is 27.2 Å². The van der Waals surface area contributed by atoms with E-state index in [2.05, 4.69) is 42.5 Å². The van der Waals surface area contributed by atoms with Gasteiger partial charge in [0, 0.05) is 13.1 Å². The minimum absolute atomic E-state index is 0.760. The number of nitrogens with one attached hydrogen (secondary N) is 1. The molecule has 0 atom stereocenters. The van der Waals surface area contributed by atoms with Crippen LogP contribution in [0.2, 0.25) is 0 Å². The van der Waals surface area contributed by atoms with Crippen molar-refractivity contribution in [3.63, 3.8) is 0 Å². The van der Waals surface area contributed by atoms with E-state index < -0.39 is 0 Å². The van der Waals surface area contributed by atoms with Gasteiger partial charge in [0.25, 0.3) is 0 Å². The molecule has 86 valence electrons. The van der Waals surface area contributed by atoms with E-state index >= 15 is 0 Å². The van der Waals surface area contributed by atoms with E-state index in [0.717, 1.165) is 31.8 Å². The number of hydrogen-bond acceptors (Lipinski definition) is 2. The maximum absolute atomic E-state index is 3.73. The van der Waals surface area contributed by atoms with Gasteiger partial charge < -0.3 is 10.2 Å². The summed E-state index contributed by atoms with van der Waals surface area (Å²) in [6, 6.07) is 0. The first-order chi connectivity index (χ1) is 7.20. The highest BCUT2D eigenvalue weighted by atomic mass is 15.1. The largest absolute Gasteiger partial charge is 0.305 e. The van der Waals surface area contributed by atoms with Crippen molar-refractivity contribution in [2.75, 3.05) is 32.7 Å². The van der Waals surface area contributed by atoms with Gasteiger partial charge in [-0.25, -0.2) is 0 Å². The van der Waals surface area contributed by atoms with Crippen LogP contribution in [0.5, 0.6) is 0 Å². The number of allylic oxidation sites excluding steroid dienone is 1. The lowest BCUT2D eigenvalue weighted by atomic mass is 10.3. The highest BCUT2D eigenvalue weighted by Crippen LogP contribution is 1.88. The molecule has 1 N–H and O–H groups in total. The quantitative estimate of drug-likeness (QED) is 0.508. The normalized spacial score (nSPS) is 9.87. The average molecular weight is 208 g/mol. The van der Waals surface area contributed by atoms with Gasteiger partial charge in [0.05, 0.1) is 6.54 Å². The first kappa shape index (κ1) is 14.2. The summed E-state index contributed by atoms with van der Waals surface area (Å²) >= 11 is 0. The molecule has 0 rings (SSSR count). The summed E-state index contributed by atoms with van der Waals surface area (Å²) in [5.74, 6) is 5.98. The molecule has 0 fully saturated rings. The van der Waals surface area contributed by atoms with Crippen LogP contribution in [0.4, 0.5) is 0 Å². The monoisotopic (exact) mass is 208 g/mol. The molecule has 0 aliphatic carbocycles. The summed E-state index contributed by atoms with van der Waals surface area (Å²) in [5, 5.41) is 3.31. The maximum Gasteiger partial charge on any atom is 0.0580 e. The Balaban J connectivity index is 3.45. The second-order valence-corrected chi connectivity index (χ2v) is 3.69. The first-order valence-corrected chi connectivity index (χ1v) is 5.78. The third-order valence-corrected chi connectivity index (χ3v) is 2.11. The van der Waals surface area contributed by atoms with Crippen LogP contribution in [0, 0.1) is 11.8 Å². The van der Waals surface area contributed by atoms with Gasteiger partial charge in [-0.2, -0.15) is 0 Å². The lowest BCUT2D eigenvalue weighted by Crippen LogP contribution is -2.32. The fourth-order valence-corrected chi connectivity index (χ4v) is 1.33. The van der Waals surface area contributed by atoms with Crippen molar-refractivity contribution in [3.05, 3.63) is 12.2 Å². The lowest BCUT2D eigenvalue weighted by molar-refractivity contribution is 0.289. The molecular weight excluding hydrogens is 184 g/mol. The van der Waals surface area contributed by atoms with E-state index in [0.29, 0.717) is 0 Å². The fraction of sp³-hybridized carbons (Fsp3) is 0.692. The molecule has 0 aromatic heterocycles. The summed E-state index contributed by atoms with van der Waals surface area (Å²) in [7, 11) is 0. The van der Waals surface area contributed by atoms with Crippen LogP contribution in [0.3, 0.4) is 0 Å². The van der Waals surface area contributed by atoms with Gasteiger partial charge in [-0.05, 0) is 32.0 Å². The predicted molar refractivity (Wildman–Crippen MR) is 67.9 cm³/mol. The molecule has 0 aliphatic heterocycles. The summed E-state index contributed by atoms with van der Waals surface area (Å²) in [6.07, 6.45) is 1.23. The Morgan fingerprint density at radius 3 is 2.60 bits per heavy atom. The van der Waals surface area contributed by atoms with E-state index in [9.17, 15) is 0 Å². The molecule has 0 amide bonds. The number of likely N-dealkylation sites (N-methyl/N-ethyl adjacent to an activating group) is 1. The van der Waals surface area contributed by atoms with Gasteiger partial charge in [0.1, 0.15) is 0 Å². The molecule has 0 aromatic rings. The minimum Gasteiger partial charge on any atom is -0.305 e. The van der Waals surface area contributed by atoms with Crippen molar-refractivity contribution >= 4 is 0 Å². The van der Waals surface area contributed by atoms with Crippen molar-refractivity contribution < 1.29 is 0 Å². The second-order valence-electron chi connectivity index (χ2n) is 3.69. The molecule has 2 heteroatoms. The molecular formula is C13H24N2. The molecule has 0 unspecified atom stereocenters. The van der Waals surface area contributed by atoms with Gasteiger partial charge >= 0.3 is 0 Å². The van der Waals surface area contributed by atoms with Gasteiger partial charge in [0.15, 0.2) is 0 Å². The highest BCUT2D eigenvalue weighted by molar-refractivity contribution is 5.23. The Morgan fingerprint density at radius 2 is 2.07 bits per heavy atom. The van der Waals surface area contributed by atoms with Crippen molar-refractivity contribution in [1.82, 2.24) is 10.2 Å². The van der Waals surface area contributed by atoms with E-state index in [4.69, 9.17) is 0 Å². The third kappa shape index (κ3) is 9.52. The number of nitrogens with zero attached hydrogens (tertiary/aromatic N) is 1. The molecule has 0 saturated heterocycles. The SMILES string of the molecule is C=C(C)C#CCNCCN(CC)CCC. The molecule has 2 nitrogen and oxygen atoms in total. The molecule has 0 aliphatic rings. The van der Waals surface area contributed by atoms with E-state index in [1.165, 1.54) is 13.0 Å². The van der Waals surface area contributed by atoms with Gasteiger partial charge in [-0.1, -0.05) is 32.3 Å². The number of hydrogen-bond donors (Lipinski definition) is 1. The standard InChI is InChI=1S/C13H24N2/c1-5-11-15(6-2)12-10-14-9-7-8-13(3)4/h14H,3,5-6,9-12H2,1-2,4H3. The smallest absolute Gasteiger partial charge is 0.0580 e. The zero-order valence-electron chi connectivity index (χ0n) is 10.4. The van der Waals surface area contributed by atoms with Crippen molar-refractivity contribution in [2.45, 2.75) is 27.2 Å². The van der Waals surface area contributed by atoms with Crippen LogP contribution in [-0.4, -0.2) is 37.6 Å². The van der Waals surface area contributed by atoms with Gasteiger partial charge in [-0.15, -0.1) is 0 Å². The molecule has 15 heavy (non-hydrogen) atoms. The predicted octanol–water partition coefficient (Wildman–Crippen LogP) is 1.89. The van der Waals surface area contributed by atoms with Crippen molar-refractivity contribution in [2.24, 2.45) is 0 Å². The maximum atomic E-state index is 3.73. The Bertz CT molecular complexity index is 222. The second kappa shape index (κ2) is 9.76. The Morgan fingerprint density at radius 1 is 1.33 bits per heavy atom. The summed E-state index contributed by atoms with van der Waals surface area (Å²) in [6.45, 7) is 15.3. The highest BCUT2D eigenvalue weighted by Gasteiger charge is 1.98. The molecule has 0 heterocycles. The Kier molecular flexibility index (Phi) is 9.26. The Hall–Kier alpha value is -0.780. The van der Waals surface area contributed by atoms with Gasteiger partial charge in [0.2, 0.25) is 0 Å². The van der Waals surface area contributed by atoms with Crippen LogP contribution in [0.15, 0.2) is 12.2 Å².